The minimum absolute atomic E-state index is 0.132. The maximum absolute atomic E-state index is 12.7. The highest BCUT2D eigenvalue weighted by molar-refractivity contribution is 6.01. The summed E-state index contributed by atoms with van der Waals surface area (Å²) in [5.41, 5.74) is 1.68. The summed E-state index contributed by atoms with van der Waals surface area (Å²) in [5, 5.41) is 4.59. The average Bonchev–Trinajstić information content (AvgIpc) is 3.20. The monoisotopic (exact) mass is 428 g/mol. The lowest BCUT2D eigenvalue weighted by Crippen LogP contribution is -2.33. The van der Waals surface area contributed by atoms with Crippen LogP contribution >= 0.6 is 0 Å². The molecule has 8 heteroatoms. The number of nitrogens with one attached hydrogen (secondary N) is 1. The molecule has 5 aromatic rings. The van der Waals surface area contributed by atoms with Gasteiger partial charge in [0.25, 0.3) is 5.56 Å². The van der Waals surface area contributed by atoms with Gasteiger partial charge in [0.1, 0.15) is 28.9 Å². The number of fused-ring (bicyclic) bond motifs is 4. The molecule has 0 unspecified atom stereocenters. The van der Waals surface area contributed by atoms with Gasteiger partial charge >= 0.3 is 0 Å². The van der Waals surface area contributed by atoms with Crippen molar-refractivity contribution in [2.75, 3.05) is 13.2 Å². The molecule has 0 spiro atoms. The van der Waals surface area contributed by atoms with E-state index < -0.39 is 0 Å². The normalized spacial score (nSPS) is 11.2. The Morgan fingerprint density at radius 2 is 1.91 bits per heavy atom. The molecule has 0 aliphatic rings. The first-order valence-electron chi connectivity index (χ1n) is 10.3. The number of nitrogens with zero attached hydrogens (tertiary/aromatic N) is 3. The molecule has 1 amide bonds. The molecule has 160 valence electrons. The molecule has 1 N–H and O–H groups in total. The molecule has 0 saturated heterocycles. The summed E-state index contributed by atoms with van der Waals surface area (Å²) >= 11 is 0. The van der Waals surface area contributed by atoms with E-state index in [1.165, 1.54) is 10.9 Å². The fraction of sp³-hybridized carbons (Fsp3) is 0.167. The number of amides is 1. The van der Waals surface area contributed by atoms with Crippen LogP contribution < -0.4 is 15.6 Å². The van der Waals surface area contributed by atoms with Crippen molar-refractivity contribution in [2.45, 2.75) is 13.0 Å². The van der Waals surface area contributed by atoms with Gasteiger partial charge in [-0.25, -0.2) is 4.98 Å². The Kier molecular flexibility index (Phi) is 5.25. The summed E-state index contributed by atoms with van der Waals surface area (Å²) in [6, 6.07) is 17.0. The molecular formula is C24H20N4O4. The first-order chi connectivity index (χ1) is 15.7. The minimum atomic E-state index is -0.381. The van der Waals surface area contributed by atoms with E-state index in [1.54, 1.807) is 12.3 Å². The zero-order chi connectivity index (χ0) is 21.9. The number of ether oxygens (including phenoxy) is 1. The fourth-order valence-electron chi connectivity index (χ4n) is 3.61. The zero-order valence-electron chi connectivity index (χ0n) is 17.2. The van der Waals surface area contributed by atoms with Gasteiger partial charge in [-0.15, -0.1) is 0 Å². The van der Waals surface area contributed by atoms with E-state index in [9.17, 15) is 9.59 Å². The number of para-hydroxylation sites is 2. The van der Waals surface area contributed by atoms with E-state index in [2.05, 4.69) is 15.3 Å². The molecule has 0 aliphatic carbocycles. The average molecular weight is 428 g/mol. The molecule has 0 aliphatic heterocycles. The van der Waals surface area contributed by atoms with Crippen LogP contribution in [-0.2, 0) is 11.3 Å². The molecule has 3 aromatic heterocycles. The molecule has 2 aromatic carbocycles. The topological polar surface area (TPSA) is 99.2 Å². The van der Waals surface area contributed by atoms with Crippen molar-refractivity contribution in [3.63, 3.8) is 0 Å². The number of pyridine rings is 1. The largest absolute Gasteiger partial charge is 0.491 e. The molecule has 0 fully saturated rings. The Morgan fingerprint density at radius 1 is 1.03 bits per heavy atom. The summed E-state index contributed by atoms with van der Waals surface area (Å²) < 4.78 is 12.7. The molecule has 5 rings (SSSR count). The minimum Gasteiger partial charge on any atom is -0.491 e. The van der Waals surface area contributed by atoms with Crippen molar-refractivity contribution in [3.8, 4) is 5.75 Å². The lowest BCUT2D eigenvalue weighted by molar-refractivity contribution is -0.121. The third-order valence-corrected chi connectivity index (χ3v) is 5.16. The van der Waals surface area contributed by atoms with E-state index in [4.69, 9.17) is 9.15 Å². The highest BCUT2D eigenvalue weighted by atomic mass is 16.5. The van der Waals surface area contributed by atoms with Crippen LogP contribution in [0.15, 0.2) is 76.3 Å². The Morgan fingerprint density at radius 3 is 2.84 bits per heavy atom. The van der Waals surface area contributed by atoms with E-state index in [0.29, 0.717) is 36.4 Å². The van der Waals surface area contributed by atoms with Crippen molar-refractivity contribution >= 4 is 38.9 Å². The van der Waals surface area contributed by atoms with Gasteiger partial charge in [-0.05, 0) is 30.7 Å². The number of carbonyl (C=O) groups is 1. The van der Waals surface area contributed by atoms with Crippen molar-refractivity contribution in [3.05, 3.63) is 77.5 Å². The van der Waals surface area contributed by atoms with Crippen molar-refractivity contribution in [1.29, 1.82) is 0 Å². The Labute approximate surface area is 182 Å². The summed E-state index contributed by atoms with van der Waals surface area (Å²) in [6.45, 7) is 0.724. The van der Waals surface area contributed by atoms with Gasteiger partial charge in [-0.1, -0.05) is 30.3 Å². The smallest absolute Gasteiger partial charge is 0.297 e. The standard InChI is InChI=1S/C24H20N4O4/c29-20(25-12-5-13-31-19-10-3-6-16-7-4-11-26-21(16)19)14-28-15-27-22-17-8-1-2-9-18(17)32-23(22)24(28)30/h1-4,6-11,15H,5,12-14H2,(H,25,29). The number of rotatable bonds is 7. The number of hydrogen-bond acceptors (Lipinski definition) is 6. The van der Waals surface area contributed by atoms with Crippen LogP contribution in [0.25, 0.3) is 33.0 Å². The Balaban J connectivity index is 1.17. The van der Waals surface area contributed by atoms with Crippen LogP contribution in [0.4, 0.5) is 0 Å². The maximum atomic E-state index is 12.7. The van der Waals surface area contributed by atoms with Crippen molar-refractivity contribution < 1.29 is 13.9 Å². The second-order valence-electron chi connectivity index (χ2n) is 7.34. The van der Waals surface area contributed by atoms with Gasteiger partial charge < -0.3 is 14.5 Å². The number of benzene rings is 2. The summed E-state index contributed by atoms with van der Waals surface area (Å²) in [4.78, 5) is 33.7. The summed E-state index contributed by atoms with van der Waals surface area (Å²) in [6.07, 6.45) is 3.72. The van der Waals surface area contributed by atoms with Crippen LogP contribution in [0.5, 0.6) is 5.75 Å². The van der Waals surface area contributed by atoms with Crippen LogP contribution in [-0.4, -0.2) is 33.6 Å². The van der Waals surface area contributed by atoms with Crippen molar-refractivity contribution in [1.82, 2.24) is 19.9 Å². The quantitative estimate of drug-likeness (QED) is 0.400. The van der Waals surface area contributed by atoms with Crippen LogP contribution in [0, 0.1) is 0 Å². The molecular weight excluding hydrogens is 408 g/mol. The van der Waals surface area contributed by atoms with Gasteiger partial charge in [-0.3, -0.25) is 19.1 Å². The Bertz CT molecular complexity index is 1480. The SMILES string of the molecule is O=C(Cn1cnc2c(oc3ccccc32)c1=O)NCCCOc1cccc2cccnc12. The lowest BCUT2D eigenvalue weighted by Gasteiger charge is -2.09. The fourth-order valence-corrected chi connectivity index (χ4v) is 3.61. The molecule has 0 saturated carbocycles. The third kappa shape index (κ3) is 3.78. The van der Waals surface area contributed by atoms with Gasteiger partial charge in [0, 0.05) is 23.5 Å². The maximum Gasteiger partial charge on any atom is 0.297 e. The van der Waals surface area contributed by atoms with Gasteiger partial charge in [0.15, 0.2) is 0 Å². The van der Waals surface area contributed by atoms with Gasteiger partial charge in [0.2, 0.25) is 11.5 Å². The zero-order valence-corrected chi connectivity index (χ0v) is 17.2. The predicted octanol–water partition coefficient (Wildman–Crippen LogP) is 3.28. The molecule has 0 radical (unpaired) electrons. The molecule has 0 bridgehead atoms. The lowest BCUT2D eigenvalue weighted by atomic mass is 10.2. The van der Waals surface area contributed by atoms with E-state index in [0.717, 1.165) is 16.3 Å². The third-order valence-electron chi connectivity index (χ3n) is 5.16. The van der Waals surface area contributed by atoms with Crippen molar-refractivity contribution in [2.24, 2.45) is 0 Å². The number of aromatic nitrogens is 3. The summed E-state index contributed by atoms with van der Waals surface area (Å²) in [5.74, 6) is 0.433. The second kappa shape index (κ2) is 8.50. The van der Waals surface area contributed by atoms with Crippen LogP contribution in [0.2, 0.25) is 0 Å². The van der Waals surface area contributed by atoms with E-state index in [-0.39, 0.29) is 23.6 Å². The van der Waals surface area contributed by atoms with E-state index >= 15 is 0 Å². The highest BCUT2D eigenvalue weighted by Gasteiger charge is 2.14. The second-order valence-corrected chi connectivity index (χ2v) is 7.34. The predicted molar refractivity (Wildman–Crippen MR) is 121 cm³/mol. The van der Waals surface area contributed by atoms with E-state index in [1.807, 2.05) is 48.5 Å². The van der Waals surface area contributed by atoms with Gasteiger partial charge in [-0.2, -0.15) is 0 Å². The van der Waals surface area contributed by atoms with Crippen LogP contribution in [0.1, 0.15) is 6.42 Å². The van der Waals surface area contributed by atoms with Gasteiger partial charge in [0.05, 0.1) is 12.9 Å². The first kappa shape index (κ1) is 19.7. The summed E-state index contributed by atoms with van der Waals surface area (Å²) in [7, 11) is 0. The number of carbonyl (C=O) groups excluding carboxylic acids is 1. The number of hydrogen-bond donors (Lipinski definition) is 1. The Hall–Kier alpha value is -4.20. The highest BCUT2D eigenvalue weighted by Crippen LogP contribution is 2.24. The molecule has 32 heavy (non-hydrogen) atoms. The first-order valence-corrected chi connectivity index (χ1v) is 10.3. The molecule has 3 heterocycles. The molecule has 0 atom stereocenters. The number of furan rings is 1. The van der Waals surface area contributed by atoms with Crippen LogP contribution in [0.3, 0.4) is 0 Å². The molecule has 8 nitrogen and oxygen atoms in total.